The standard InChI is InChI=1S/C20H25NO9S/c1-11(22)26-9-15-16(10-27-12(2)23)30-20(31-17-7-5-6-8-21-17)19(29-14(4)25)18(15)28-13(3)24/h5-8,15-16,18-20H,9-10H2,1-4H3/t15-,16+,18+,19+,20+/m0/s1. The van der Waals surface area contributed by atoms with Crippen LogP contribution in [0.3, 0.4) is 0 Å². The van der Waals surface area contributed by atoms with Crippen molar-refractivity contribution in [3.8, 4) is 0 Å². The number of thioether (sulfide) groups is 1. The lowest BCUT2D eigenvalue weighted by molar-refractivity contribution is -0.222. The molecule has 170 valence electrons. The predicted octanol–water partition coefficient (Wildman–Crippen LogP) is 1.50. The first kappa shape index (κ1) is 24.6. The molecule has 0 aromatic carbocycles. The fourth-order valence-electron chi connectivity index (χ4n) is 3.03. The van der Waals surface area contributed by atoms with Crippen molar-refractivity contribution in [2.24, 2.45) is 5.92 Å². The molecule has 1 aliphatic rings. The molecule has 2 heterocycles. The Bertz CT molecular complexity index is 788. The zero-order valence-electron chi connectivity index (χ0n) is 17.6. The highest BCUT2D eigenvalue weighted by atomic mass is 32.2. The van der Waals surface area contributed by atoms with Crippen LogP contribution < -0.4 is 0 Å². The SMILES string of the molecule is CC(=O)OC[C@@H]1[C@@H](OC(C)=O)[C@@H](OC(C)=O)[C@@H](Sc2ccccn2)O[C@@H]1COC(C)=O. The lowest BCUT2D eigenvalue weighted by Gasteiger charge is -2.44. The van der Waals surface area contributed by atoms with Gasteiger partial charge in [-0.25, -0.2) is 4.98 Å². The van der Waals surface area contributed by atoms with Crippen molar-refractivity contribution in [3.05, 3.63) is 24.4 Å². The average molecular weight is 455 g/mol. The molecule has 0 aliphatic carbocycles. The molecular formula is C20H25NO9S. The van der Waals surface area contributed by atoms with Crippen molar-refractivity contribution >= 4 is 35.6 Å². The van der Waals surface area contributed by atoms with Crippen LogP contribution in [0.2, 0.25) is 0 Å². The second kappa shape index (κ2) is 11.7. The minimum absolute atomic E-state index is 0.175. The van der Waals surface area contributed by atoms with Gasteiger partial charge in [-0.2, -0.15) is 0 Å². The number of esters is 4. The molecule has 1 aromatic heterocycles. The fourth-order valence-corrected chi connectivity index (χ4v) is 4.09. The summed E-state index contributed by atoms with van der Waals surface area (Å²) in [5, 5.41) is 0.580. The number of hydrogen-bond donors (Lipinski definition) is 0. The van der Waals surface area contributed by atoms with Crippen LogP contribution in [0.1, 0.15) is 27.7 Å². The maximum Gasteiger partial charge on any atom is 0.303 e. The van der Waals surface area contributed by atoms with Gasteiger partial charge in [0.05, 0.1) is 10.9 Å². The monoisotopic (exact) mass is 455 g/mol. The van der Waals surface area contributed by atoms with Gasteiger partial charge in [-0.15, -0.1) is 0 Å². The van der Waals surface area contributed by atoms with Gasteiger partial charge in [0, 0.05) is 33.9 Å². The molecule has 11 heteroatoms. The molecule has 1 fully saturated rings. The summed E-state index contributed by atoms with van der Waals surface area (Å²) in [7, 11) is 0. The minimum Gasteiger partial charge on any atom is -0.465 e. The van der Waals surface area contributed by atoms with Gasteiger partial charge >= 0.3 is 23.9 Å². The highest BCUT2D eigenvalue weighted by Gasteiger charge is 2.51. The Labute approximate surface area is 183 Å². The van der Waals surface area contributed by atoms with Gasteiger partial charge in [0.1, 0.15) is 24.8 Å². The third kappa shape index (κ3) is 7.83. The van der Waals surface area contributed by atoms with E-state index in [1.807, 2.05) is 0 Å². The molecule has 0 bridgehead atoms. The normalized spacial score (nSPS) is 25.2. The first-order valence-electron chi connectivity index (χ1n) is 9.51. The van der Waals surface area contributed by atoms with Gasteiger partial charge in [-0.1, -0.05) is 17.8 Å². The van der Waals surface area contributed by atoms with Gasteiger partial charge < -0.3 is 23.7 Å². The Morgan fingerprint density at radius 2 is 1.52 bits per heavy atom. The van der Waals surface area contributed by atoms with Crippen LogP contribution in [-0.4, -0.2) is 65.8 Å². The van der Waals surface area contributed by atoms with Gasteiger partial charge in [0.15, 0.2) is 12.2 Å². The Morgan fingerprint density at radius 1 is 0.903 bits per heavy atom. The van der Waals surface area contributed by atoms with Crippen molar-refractivity contribution in [3.63, 3.8) is 0 Å². The van der Waals surface area contributed by atoms with E-state index in [0.29, 0.717) is 5.03 Å². The summed E-state index contributed by atoms with van der Waals surface area (Å²) in [6, 6.07) is 5.27. The second-order valence-corrected chi connectivity index (χ2v) is 7.86. The molecule has 5 atom stereocenters. The van der Waals surface area contributed by atoms with Gasteiger partial charge in [-0.05, 0) is 12.1 Å². The van der Waals surface area contributed by atoms with Crippen LogP contribution in [0.25, 0.3) is 0 Å². The lowest BCUT2D eigenvalue weighted by atomic mass is 9.90. The molecule has 0 saturated carbocycles. The molecule has 0 N–H and O–H groups in total. The van der Waals surface area contributed by atoms with E-state index in [1.165, 1.54) is 27.7 Å². The molecule has 1 aliphatic heterocycles. The van der Waals surface area contributed by atoms with E-state index in [1.54, 1.807) is 24.4 Å². The van der Waals surface area contributed by atoms with E-state index in [9.17, 15) is 19.2 Å². The molecule has 31 heavy (non-hydrogen) atoms. The van der Waals surface area contributed by atoms with E-state index in [-0.39, 0.29) is 13.2 Å². The first-order valence-corrected chi connectivity index (χ1v) is 10.4. The predicted molar refractivity (Wildman–Crippen MR) is 107 cm³/mol. The summed E-state index contributed by atoms with van der Waals surface area (Å²) < 4.78 is 27.3. The average Bonchev–Trinajstić information content (AvgIpc) is 2.68. The molecule has 0 unspecified atom stereocenters. The molecule has 0 spiro atoms. The summed E-state index contributed by atoms with van der Waals surface area (Å²) in [6.45, 7) is 4.54. The highest BCUT2D eigenvalue weighted by Crippen LogP contribution is 2.38. The number of nitrogens with zero attached hydrogens (tertiary/aromatic N) is 1. The maximum absolute atomic E-state index is 11.8. The van der Waals surface area contributed by atoms with Gasteiger partial charge in [0.2, 0.25) is 0 Å². The third-order valence-corrected chi connectivity index (χ3v) is 5.30. The van der Waals surface area contributed by atoms with Crippen molar-refractivity contribution in [1.82, 2.24) is 4.98 Å². The Morgan fingerprint density at radius 3 is 2.06 bits per heavy atom. The topological polar surface area (TPSA) is 127 Å². The van der Waals surface area contributed by atoms with Crippen molar-refractivity contribution in [2.45, 2.75) is 56.5 Å². The largest absolute Gasteiger partial charge is 0.465 e. The number of pyridine rings is 1. The van der Waals surface area contributed by atoms with Crippen LogP contribution >= 0.6 is 11.8 Å². The molecule has 0 amide bonds. The van der Waals surface area contributed by atoms with Crippen molar-refractivity contribution in [1.29, 1.82) is 0 Å². The fraction of sp³-hybridized carbons (Fsp3) is 0.550. The summed E-state index contributed by atoms with van der Waals surface area (Å²) in [5.74, 6) is -3.07. The van der Waals surface area contributed by atoms with Gasteiger partial charge in [0.25, 0.3) is 0 Å². The van der Waals surface area contributed by atoms with Crippen molar-refractivity contribution < 1.29 is 42.9 Å². The van der Waals surface area contributed by atoms with Crippen molar-refractivity contribution in [2.75, 3.05) is 13.2 Å². The summed E-state index contributed by atoms with van der Waals surface area (Å²) >= 11 is 1.16. The van der Waals surface area contributed by atoms with Crippen LogP contribution in [0.15, 0.2) is 29.4 Å². The number of rotatable bonds is 8. The number of hydrogen-bond acceptors (Lipinski definition) is 11. The van der Waals surface area contributed by atoms with E-state index in [4.69, 9.17) is 23.7 Å². The molecular weight excluding hydrogens is 430 g/mol. The van der Waals surface area contributed by atoms with E-state index >= 15 is 0 Å². The van der Waals surface area contributed by atoms with Crippen LogP contribution in [0.5, 0.6) is 0 Å². The zero-order valence-corrected chi connectivity index (χ0v) is 18.5. The zero-order chi connectivity index (χ0) is 23.0. The third-order valence-electron chi connectivity index (χ3n) is 4.21. The van der Waals surface area contributed by atoms with E-state index in [0.717, 1.165) is 11.8 Å². The van der Waals surface area contributed by atoms with Crippen LogP contribution in [0, 0.1) is 5.92 Å². The molecule has 1 aromatic rings. The number of carbonyl (C=O) groups is 4. The Kier molecular flexibility index (Phi) is 9.25. The Balaban J connectivity index is 2.40. The minimum atomic E-state index is -1.03. The molecule has 2 rings (SSSR count). The molecule has 10 nitrogen and oxygen atoms in total. The highest BCUT2D eigenvalue weighted by molar-refractivity contribution is 7.99. The maximum atomic E-state index is 11.8. The Hall–Kier alpha value is -2.66. The van der Waals surface area contributed by atoms with E-state index < -0.39 is 53.5 Å². The number of carbonyl (C=O) groups excluding carboxylic acids is 4. The molecule has 1 saturated heterocycles. The van der Waals surface area contributed by atoms with Gasteiger partial charge in [-0.3, -0.25) is 19.2 Å². The smallest absolute Gasteiger partial charge is 0.303 e. The first-order chi connectivity index (χ1) is 14.7. The second-order valence-electron chi connectivity index (χ2n) is 6.75. The number of aromatic nitrogens is 1. The van der Waals surface area contributed by atoms with Crippen LogP contribution in [-0.2, 0) is 42.9 Å². The molecule has 0 radical (unpaired) electrons. The lowest BCUT2D eigenvalue weighted by Crippen LogP contribution is -2.58. The summed E-state index contributed by atoms with van der Waals surface area (Å²) in [6.07, 6.45) is -1.26. The number of ether oxygens (including phenoxy) is 5. The summed E-state index contributed by atoms with van der Waals surface area (Å²) in [5.41, 5.74) is -0.836. The quantitative estimate of drug-likeness (QED) is 0.418. The van der Waals surface area contributed by atoms with E-state index in [2.05, 4.69) is 4.98 Å². The summed E-state index contributed by atoms with van der Waals surface area (Å²) in [4.78, 5) is 50.7. The van der Waals surface area contributed by atoms with Crippen LogP contribution in [0.4, 0.5) is 0 Å².